The predicted molar refractivity (Wildman–Crippen MR) is 67.7 cm³/mol. The molecule has 1 aromatic heterocycles. The maximum atomic E-state index is 11.0. The Bertz CT molecular complexity index is 625. The molecule has 2 rings (SSSR count). The molecule has 0 saturated carbocycles. The number of halogens is 1. The second kappa shape index (κ2) is 4.39. The Hall–Kier alpha value is -2.14. The van der Waals surface area contributed by atoms with E-state index >= 15 is 0 Å². The van der Waals surface area contributed by atoms with E-state index in [-0.39, 0.29) is 11.4 Å². The summed E-state index contributed by atoms with van der Waals surface area (Å²) in [4.78, 5) is 14.7. The van der Waals surface area contributed by atoms with E-state index in [9.17, 15) is 10.1 Å². The highest BCUT2D eigenvalue weighted by atomic mass is 35.5. The molecule has 86 valence electrons. The average Bonchev–Trinajstić information content (AvgIpc) is 2.30. The van der Waals surface area contributed by atoms with E-state index in [1.54, 1.807) is 24.3 Å². The van der Waals surface area contributed by atoms with Gasteiger partial charge in [-0.3, -0.25) is 10.1 Å². The monoisotopic (exact) mass is 249 g/mol. The highest BCUT2D eigenvalue weighted by Crippen LogP contribution is 2.33. The van der Waals surface area contributed by atoms with Crippen LogP contribution < -0.4 is 5.73 Å². The van der Waals surface area contributed by atoms with Crippen molar-refractivity contribution >= 4 is 40.0 Å². The molecule has 5 nitrogen and oxygen atoms in total. The molecule has 0 fully saturated rings. The lowest BCUT2D eigenvalue weighted by molar-refractivity contribution is -0.382. The number of fused-ring (bicyclic) bond motifs is 1. The number of pyridine rings is 1. The van der Waals surface area contributed by atoms with E-state index in [0.29, 0.717) is 16.6 Å². The number of anilines is 1. The van der Waals surface area contributed by atoms with E-state index in [2.05, 4.69) is 4.98 Å². The Labute approximate surface area is 102 Å². The average molecular weight is 250 g/mol. The maximum absolute atomic E-state index is 11.0. The number of benzene rings is 1. The summed E-state index contributed by atoms with van der Waals surface area (Å²) in [6.45, 7) is 0. The highest BCUT2D eigenvalue weighted by molar-refractivity contribution is 6.27. The quantitative estimate of drug-likeness (QED) is 0.655. The molecule has 0 amide bonds. The Morgan fingerprint density at radius 2 is 2.12 bits per heavy atom. The molecule has 0 spiro atoms. The van der Waals surface area contributed by atoms with Gasteiger partial charge in [0, 0.05) is 5.54 Å². The minimum Gasteiger partial charge on any atom is -0.391 e. The summed E-state index contributed by atoms with van der Waals surface area (Å²) in [7, 11) is 0. The van der Waals surface area contributed by atoms with Gasteiger partial charge in [-0.2, -0.15) is 0 Å². The minimum absolute atomic E-state index is 0.0191. The summed E-state index contributed by atoms with van der Waals surface area (Å²) >= 11 is 5.45. The van der Waals surface area contributed by atoms with Crippen molar-refractivity contribution in [3.63, 3.8) is 0 Å². The summed E-state index contributed by atoms with van der Waals surface area (Å²) in [6.07, 6.45) is 1.43. The van der Waals surface area contributed by atoms with Crippen molar-refractivity contribution in [1.29, 1.82) is 0 Å². The zero-order valence-electron chi connectivity index (χ0n) is 8.63. The normalized spacial score (nSPS) is 11.1. The number of nitrogens with zero attached hydrogens (tertiary/aromatic N) is 2. The van der Waals surface area contributed by atoms with Gasteiger partial charge in [-0.25, -0.2) is 4.98 Å². The van der Waals surface area contributed by atoms with Crippen LogP contribution in [0.5, 0.6) is 0 Å². The minimum atomic E-state index is -0.509. The van der Waals surface area contributed by atoms with Crippen molar-refractivity contribution in [3.8, 4) is 0 Å². The Kier molecular flexibility index (Phi) is 2.93. The molecular formula is C11H8ClN3O2. The molecule has 6 heteroatoms. The number of hydrogen-bond acceptors (Lipinski definition) is 4. The second-order valence-electron chi connectivity index (χ2n) is 3.33. The SMILES string of the molecule is Nc1c(/C=C/Cl)nc2ccccc2c1[N+](=O)[O-]. The standard InChI is InChI=1S/C11H8ClN3O2/c12-6-5-9-10(13)11(15(16)17)7-3-1-2-4-8(7)14-9/h1-6H,13H2/b6-5+. The first-order chi connectivity index (χ1) is 8.15. The van der Waals surface area contributed by atoms with Crippen molar-refractivity contribution in [1.82, 2.24) is 4.98 Å². The fourth-order valence-corrected chi connectivity index (χ4v) is 1.73. The van der Waals surface area contributed by atoms with Crippen LogP contribution in [0, 0.1) is 10.1 Å². The fourth-order valence-electron chi connectivity index (χ4n) is 1.61. The van der Waals surface area contributed by atoms with Crippen LogP contribution in [0.4, 0.5) is 11.4 Å². The third-order valence-corrected chi connectivity index (χ3v) is 2.46. The third-order valence-electron chi connectivity index (χ3n) is 2.33. The highest BCUT2D eigenvalue weighted by Gasteiger charge is 2.20. The van der Waals surface area contributed by atoms with Crippen molar-refractivity contribution in [2.75, 3.05) is 5.73 Å². The lowest BCUT2D eigenvalue weighted by atomic mass is 10.1. The summed E-state index contributed by atoms with van der Waals surface area (Å²) in [5.41, 5.74) is 7.63. The summed E-state index contributed by atoms with van der Waals surface area (Å²) in [5, 5.41) is 11.5. The van der Waals surface area contributed by atoms with E-state index in [1.165, 1.54) is 11.6 Å². The predicted octanol–water partition coefficient (Wildman–Crippen LogP) is 2.93. The largest absolute Gasteiger partial charge is 0.391 e. The molecule has 0 bridgehead atoms. The molecule has 17 heavy (non-hydrogen) atoms. The van der Waals surface area contributed by atoms with Gasteiger partial charge in [-0.1, -0.05) is 23.7 Å². The van der Waals surface area contributed by atoms with Gasteiger partial charge in [-0.15, -0.1) is 0 Å². The number of para-hydroxylation sites is 1. The molecule has 2 aromatic rings. The van der Waals surface area contributed by atoms with Crippen LogP contribution in [0.2, 0.25) is 0 Å². The summed E-state index contributed by atoms with van der Waals surface area (Å²) < 4.78 is 0. The van der Waals surface area contributed by atoms with Gasteiger partial charge in [0.25, 0.3) is 0 Å². The fraction of sp³-hybridized carbons (Fsp3) is 0. The smallest absolute Gasteiger partial charge is 0.303 e. The molecule has 0 aliphatic rings. The van der Waals surface area contributed by atoms with Gasteiger partial charge < -0.3 is 5.73 Å². The van der Waals surface area contributed by atoms with Gasteiger partial charge in [0.1, 0.15) is 5.69 Å². The Balaban J connectivity index is 2.90. The summed E-state index contributed by atoms with van der Waals surface area (Å²) in [5.74, 6) is 0. The van der Waals surface area contributed by atoms with E-state index in [1.807, 2.05) is 0 Å². The molecule has 1 aromatic carbocycles. The van der Waals surface area contributed by atoms with Crippen LogP contribution in [0.1, 0.15) is 5.69 Å². The van der Waals surface area contributed by atoms with Gasteiger partial charge in [-0.05, 0) is 18.2 Å². The van der Waals surface area contributed by atoms with Crippen LogP contribution in [-0.4, -0.2) is 9.91 Å². The van der Waals surface area contributed by atoms with Crippen LogP contribution >= 0.6 is 11.6 Å². The van der Waals surface area contributed by atoms with Crippen LogP contribution in [-0.2, 0) is 0 Å². The third kappa shape index (κ3) is 1.92. The van der Waals surface area contributed by atoms with Crippen molar-refractivity contribution in [2.24, 2.45) is 0 Å². The molecule has 0 aliphatic carbocycles. The molecule has 0 saturated heterocycles. The lowest BCUT2D eigenvalue weighted by Gasteiger charge is -2.05. The first kappa shape index (κ1) is 11.3. The number of hydrogen-bond donors (Lipinski definition) is 1. The van der Waals surface area contributed by atoms with Crippen molar-refractivity contribution < 1.29 is 4.92 Å². The number of nitrogen functional groups attached to an aromatic ring is 1. The Morgan fingerprint density at radius 1 is 1.41 bits per heavy atom. The summed E-state index contributed by atoms with van der Waals surface area (Å²) in [6, 6.07) is 6.76. The van der Waals surface area contributed by atoms with E-state index in [0.717, 1.165) is 0 Å². The van der Waals surface area contributed by atoms with E-state index in [4.69, 9.17) is 17.3 Å². The molecule has 0 unspecified atom stereocenters. The topological polar surface area (TPSA) is 82.0 Å². The number of nitrogens with two attached hydrogens (primary N) is 1. The molecule has 0 atom stereocenters. The zero-order valence-corrected chi connectivity index (χ0v) is 9.39. The molecule has 1 heterocycles. The van der Waals surface area contributed by atoms with Crippen LogP contribution in [0.25, 0.3) is 17.0 Å². The number of aromatic nitrogens is 1. The first-order valence-corrected chi connectivity index (χ1v) is 5.18. The molecule has 0 radical (unpaired) electrons. The van der Waals surface area contributed by atoms with Gasteiger partial charge in [0.05, 0.1) is 21.5 Å². The lowest BCUT2D eigenvalue weighted by Crippen LogP contribution is -2.01. The zero-order chi connectivity index (χ0) is 12.4. The number of nitro groups is 1. The first-order valence-electron chi connectivity index (χ1n) is 4.74. The van der Waals surface area contributed by atoms with E-state index < -0.39 is 4.92 Å². The molecular weight excluding hydrogens is 242 g/mol. The molecule has 2 N–H and O–H groups in total. The van der Waals surface area contributed by atoms with Crippen LogP contribution in [0.15, 0.2) is 29.8 Å². The van der Waals surface area contributed by atoms with Crippen molar-refractivity contribution in [3.05, 3.63) is 45.6 Å². The van der Waals surface area contributed by atoms with Gasteiger partial charge in [0.15, 0.2) is 0 Å². The van der Waals surface area contributed by atoms with Gasteiger partial charge >= 0.3 is 5.69 Å². The van der Waals surface area contributed by atoms with Crippen molar-refractivity contribution in [2.45, 2.75) is 0 Å². The van der Waals surface area contributed by atoms with Crippen LogP contribution in [0.3, 0.4) is 0 Å². The van der Waals surface area contributed by atoms with Gasteiger partial charge in [0.2, 0.25) is 0 Å². The Morgan fingerprint density at radius 3 is 2.76 bits per heavy atom. The maximum Gasteiger partial charge on any atom is 0.303 e. The second-order valence-corrected chi connectivity index (χ2v) is 3.58. The number of rotatable bonds is 2. The molecule has 0 aliphatic heterocycles.